The summed E-state index contributed by atoms with van der Waals surface area (Å²) in [6, 6.07) is 15.5. The average Bonchev–Trinajstić information content (AvgIpc) is 3.04. The summed E-state index contributed by atoms with van der Waals surface area (Å²) in [5, 5.41) is 3.66. The van der Waals surface area contributed by atoms with Crippen LogP contribution in [0.2, 0.25) is 5.02 Å². The van der Waals surface area contributed by atoms with E-state index in [0.717, 1.165) is 11.3 Å². The summed E-state index contributed by atoms with van der Waals surface area (Å²) < 4.78 is 0.494. The molecule has 0 unspecified atom stereocenters. The highest BCUT2D eigenvalue weighted by atomic mass is 35.5. The summed E-state index contributed by atoms with van der Waals surface area (Å²) in [5.74, 6) is 2.39. The van der Waals surface area contributed by atoms with Gasteiger partial charge >= 0.3 is 0 Å². The van der Waals surface area contributed by atoms with Gasteiger partial charge < -0.3 is 5.32 Å². The minimum Gasteiger partial charge on any atom is -0.326 e. The van der Waals surface area contributed by atoms with Crippen LogP contribution in [0.1, 0.15) is 15.7 Å². The second-order valence-electron chi connectivity index (χ2n) is 5.05. The molecular formula is C17H16ClNOS2. The van der Waals surface area contributed by atoms with E-state index in [-0.39, 0.29) is 5.91 Å². The van der Waals surface area contributed by atoms with Crippen molar-refractivity contribution in [3.05, 3.63) is 64.7 Å². The predicted octanol–water partition coefficient (Wildman–Crippen LogP) is 5.00. The third-order valence-corrected chi connectivity index (χ3v) is 6.70. The van der Waals surface area contributed by atoms with E-state index in [1.165, 1.54) is 17.1 Å². The van der Waals surface area contributed by atoms with Crippen LogP contribution < -0.4 is 5.32 Å². The molecule has 1 heterocycles. The van der Waals surface area contributed by atoms with Crippen LogP contribution in [0.5, 0.6) is 0 Å². The van der Waals surface area contributed by atoms with Crippen molar-refractivity contribution < 1.29 is 4.79 Å². The highest BCUT2D eigenvalue weighted by Crippen LogP contribution is 2.45. The van der Waals surface area contributed by atoms with Gasteiger partial charge in [0.05, 0.1) is 11.0 Å². The zero-order valence-electron chi connectivity index (χ0n) is 11.9. The van der Waals surface area contributed by atoms with E-state index in [0.29, 0.717) is 16.0 Å². The molecule has 0 bridgehead atoms. The first-order chi connectivity index (χ1) is 10.7. The third kappa shape index (κ3) is 4.22. The number of amides is 1. The Balaban J connectivity index is 1.63. The lowest BCUT2D eigenvalue weighted by Crippen LogP contribution is -2.14. The zero-order chi connectivity index (χ0) is 15.4. The van der Waals surface area contributed by atoms with Crippen molar-refractivity contribution in [1.82, 2.24) is 0 Å². The van der Waals surface area contributed by atoms with Crippen molar-refractivity contribution >= 4 is 46.7 Å². The van der Waals surface area contributed by atoms with E-state index in [9.17, 15) is 4.79 Å². The Morgan fingerprint density at radius 3 is 2.59 bits per heavy atom. The van der Waals surface area contributed by atoms with E-state index in [1.807, 2.05) is 47.8 Å². The lowest BCUT2D eigenvalue weighted by Gasteiger charge is -2.11. The smallest absolute Gasteiger partial charge is 0.228 e. The van der Waals surface area contributed by atoms with Crippen molar-refractivity contribution in [3.63, 3.8) is 0 Å². The molecule has 1 amide bonds. The van der Waals surface area contributed by atoms with E-state index in [2.05, 4.69) is 17.4 Å². The Labute approximate surface area is 144 Å². The predicted molar refractivity (Wildman–Crippen MR) is 97.9 cm³/mol. The molecule has 2 nitrogen and oxygen atoms in total. The number of thioether (sulfide) groups is 2. The Bertz CT molecular complexity index is 654. The normalized spacial score (nSPS) is 15.0. The van der Waals surface area contributed by atoms with E-state index >= 15 is 0 Å². The van der Waals surface area contributed by atoms with Gasteiger partial charge in [-0.15, -0.1) is 23.5 Å². The number of rotatable bonds is 4. The van der Waals surface area contributed by atoms with Crippen LogP contribution >= 0.6 is 35.1 Å². The molecule has 1 aliphatic heterocycles. The van der Waals surface area contributed by atoms with E-state index in [1.54, 1.807) is 12.1 Å². The van der Waals surface area contributed by atoms with Crippen molar-refractivity contribution in [3.8, 4) is 0 Å². The molecule has 22 heavy (non-hydrogen) atoms. The molecule has 114 valence electrons. The summed E-state index contributed by atoms with van der Waals surface area (Å²) in [5.41, 5.74) is 3.10. The maximum atomic E-state index is 12.1. The van der Waals surface area contributed by atoms with Crippen LogP contribution in [0.4, 0.5) is 5.69 Å². The summed E-state index contributed by atoms with van der Waals surface area (Å²) in [6.45, 7) is 0. The number of halogens is 1. The molecule has 2 aromatic rings. The molecule has 0 saturated carbocycles. The number of anilines is 1. The van der Waals surface area contributed by atoms with Crippen LogP contribution in [0.15, 0.2) is 48.5 Å². The van der Waals surface area contributed by atoms with Gasteiger partial charge in [-0.05, 0) is 35.4 Å². The number of hydrogen-bond donors (Lipinski definition) is 1. The monoisotopic (exact) mass is 349 g/mol. The Kier molecular flexibility index (Phi) is 5.34. The highest BCUT2D eigenvalue weighted by molar-refractivity contribution is 8.19. The Hall–Kier alpha value is -1.10. The minimum atomic E-state index is -0.00815. The SMILES string of the molecule is O=C(Cc1ccc(Cl)cc1)Nc1cccc(C2SCCS2)c1. The maximum Gasteiger partial charge on any atom is 0.228 e. The molecule has 1 N–H and O–H groups in total. The molecule has 0 spiro atoms. The average molecular weight is 350 g/mol. The lowest BCUT2D eigenvalue weighted by atomic mass is 10.1. The van der Waals surface area contributed by atoms with Gasteiger partial charge in [-0.3, -0.25) is 4.79 Å². The summed E-state index contributed by atoms with van der Waals surface area (Å²) in [7, 11) is 0. The fourth-order valence-corrected chi connectivity index (χ4v) is 5.27. The number of benzene rings is 2. The van der Waals surface area contributed by atoms with Gasteiger partial charge in [0.15, 0.2) is 0 Å². The lowest BCUT2D eigenvalue weighted by molar-refractivity contribution is -0.115. The van der Waals surface area contributed by atoms with Crippen molar-refractivity contribution in [1.29, 1.82) is 0 Å². The Morgan fingerprint density at radius 1 is 1.14 bits per heavy atom. The first kappa shape index (κ1) is 15.8. The number of hydrogen-bond acceptors (Lipinski definition) is 3. The summed E-state index contributed by atoms with van der Waals surface area (Å²) in [4.78, 5) is 12.1. The highest BCUT2D eigenvalue weighted by Gasteiger charge is 2.18. The van der Waals surface area contributed by atoms with Gasteiger partial charge in [0.1, 0.15) is 0 Å². The summed E-state index contributed by atoms with van der Waals surface area (Å²) >= 11 is 9.78. The molecule has 1 aliphatic rings. The molecule has 0 aromatic heterocycles. The second kappa shape index (κ2) is 7.44. The van der Waals surface area contributed by atoms with Gasteiger partial charge in [0.25, 0.3) is 0 Å². The van der Waals surface area contributed by atoms with Crippen LogP contribution in [-0.2, 0) is 11.2 Å². The van der Waals surface area contributed by atoms with Gasteiger partial charge in [-0.2, -0.15) is 0 Å². The summed E-state index contributed by atoms with van der Waals surface area (Å²) in [6.07, 6.45) is 0.355. The fraction of sp³-hybridized carbons (Fsp3) is 0.235. The van der Waals surface area contributed by atoms with Crippen molar-refractivity contribution in [2.75, 3.05) is 16.8 Å². The largest absolute Gasteiger partial charge is 0.326 e. The van der Waals surface area contributed by atoms with Crippen LogP contribution in [0, 0.1) is 0 Å². The number of carbonyl (C=O) groups is 1. The molecule has 0 aliphatic carbocycles. The van der Waals surface area contributed by atoms with E-state index < -0.39 is 0 Å². The molecular weight excluding hydrogens is 334 g/mol. The number of nitrogens with one attached hydrogen (secondary N) is 1. The third-order valence-electron chi connectivity index (χ3n) is 3.34. The molecule has 0 radical (unpaired) electrons. The standard InChI is InChI=1S/C17H16ClNOS2/c18-14-6-4-12(5-7-14)10-16(20)19-15-3-1-2-13(11-15)17-21-8-9-22-17/h1-7,11,17H,8-10H2,(H,19,20). The molecule has 0 atom stereocenters. The molecule has 1 saturated heterocycles. The molecule has 2 aromatic carbocycles. The maximum absolute atomic E-state index is 12.1. The second-order valence-corrected chi connectivity index (χ2v) is 8.21. The first-order valence-electron chi connectivity index (χ1n) is 7.08. The quantitative estimate of drug-likeness (QED) is 0.842. The van der Waals surface area contributed by atoms with Crippen molar-refractivity contribution in [2.24, 2.45) is 0 Å². The molecule has 1 fully saturated rings. The molecule has 5 heteroatoms. The van der Waals surface area contributed by atoms with Gasteiger partial charge in [-0.1, -0.05) is 35.9 Å². The fourth-order valence-electron chi connectivity index (χ4n) is 2.31. The number of carbonyl (C=O) groups excluding carboxylic acids is 1. The zero-order valence-corrected chi connectivity index (χ0v) is 14.3. The van der Waals surface area contributed by atoms with Crippen LogP contribution in [0.25, 0.3) is 0 Å². The van der Waals surface area contributed by atoms with Gasteiger partial charge in [0.2, 0.25) is 5.91 Å². The van der Waals surface area contributed by atoms with Gasteiger partial charge in [-0.25, -0.2) is 0 Å². The first-order valence-corrected chi connectivity index (χ1v) is 9.56. The van der Waals surface area contributed by atoms with Gasteiger partial charge in [0, 0.05) is 22.2 Å². The Morgan fingerprint density at radius 2 is 1.86 bits per heavy atom. The van der Waals surface area contributed by atoms with Crippen molar-refractivity contribution in [2.45, 2.75) is 11.0 Å². The molecule has 3 rings (SSSR count). The topological polar surface area (TPSA) is 29.1 Å². The van der Waals surface area contributed by atoms with E-state index in [4.69, 9.17) is 11.6 Å². The minimum absolute atomic E-state index is 0.00815. The van der Waals surface area contributed by atoms with Crippen LogP contribution in [-0.4, -0.2) is 17.4 Å². The van der Waals surface area contributed by atoms with Crippen LogP contribution in [0.3, 0.4) is 0 Å².